The average Bonchev–Trinajstić information content (AvgIpc) is 4.19. The largest absolute Gasteiger partial charge is 0.573 e. The second kappa shape index (κ2) is 26.1. The van der Waals surface area contributed by atoms with E-state index in [2.05, 4.69) is 35.6 Å². The molecular formula is C55H67F3N10O8S. The first kappa shape index (κ1) is 57.3. The van der Waals surface area contributed by atoms with Gasteiger partial charge in [0.1, 0.15) is 29.5 Å². The molecule has 0 aliphatic carbocycles. The van der Waals surface area contributed by atoms with E-state index in [-0.39, 0.29) is 72.1 Å². The lowest BCUT2D eigenvalue weighted by molar-refractivity contribution is -0.274. The number of likely N-dealkylation sites (tertiary alicyclic amines) is 2. The summed E-state index contributed by atoms with van der Waals surface area (Å²) in [5.74, 6) is -2.05. The number of halogens is 3. The van der Waals surface area contributed by atoms with Crippen LogP contribution in [0.5, 0.6) is 11.6 Å². The van der Waals surface area contributed by atoms with Crippen LogP contribution in [0.1, 0.15) is 112 Å². The summed E-state index contributed by atoms with van der Waals surface area (Å²) in [6.07, 6.45) is 4.92. The number of unbranched alkanes of at least 4 members (excludes halogenated alkanes) is 2. The van der Waals surface area contributed by atoms with E-state index in [4.69, 9.17) is 10.5 Å². The van der Waals surface area contributed by atoms with E-state index in [1.165, 1.54) is 30.5 Å². The number of primary amides is 1. The van der Waals surface area contributed by atoms with E-state index in [0.717, 1.165) is 21.7 Å². The lowest BCUT2D eigenvalue weighted by Crippen LogP contribution is -2.57. The lowest BCUT2D eigenvalue weighted by Gasteiger charge is -2.35. The van der Waals surface area contributed by atoms with E-state index < -0.39 is 29.8 Å². The van der Waals surface area contributed by atoms with Gasteiger partial charge in [0.2, 0.25) is 35.4 Å². The van der Waals surface area contributed by atoms with Crippen LogP contribution in [0.25, 0.3) is 21.7 Å². The molecule has 6 amide bonds. The number of hydrogen-bond acceptors (Lipinski definition) is 12. The molecule has 412 valence electrons. The third-order valence-corrected chi connectivity index (χ3v) is 14.5. The number of imidazole rings is 1. The fraction of sp³-hybridized carbons (Fsp3) is 0.473. The summed E-state index contributed by atoms with van der Waals surface area (Å²) < 4.78 is 49.3. The number of piperidine rings is 1. The number of nitrogens with zero attached hydrogens (tertiary/aromatic N) is 6. The van der Waals surface area contributed by atoms with Gasteiger partial charge in [-0.2, -0.15) is 0 Å². The number of rotatable bonds is 23. The van der Waals surface area contributed by atoms with Gasteiger partial charge >= 0.3 is 6.36 Å². The number of nitrogens with one attached hydrogen (secondary N) is 3. The SMILES string of the molecule is Cc1ncsc1-c1ccc(CNC(=O)C2CCCN2C(=O)[C@@H](NC(=O)CCCCCNC(=O)CCCn2cnc(-c3cnc(OC4CCN(C(=O)Cc5ccc(OC(F)(F)F)cc5)CC4)c(C(N)=O)c3)c2)C(C)(C)C)cc1. The minimum Gasteiger partial charge on any atom is -0.474 e. The fourth-order valence-corrected chi connectivity index (χ4v) is 10.1. The molecule has 5 heterocycles. The summed E-state index contributed by atoms with van der Waals surface area (Å²) in [5.41, 5.74) is 11.6. The zero-order valence-electron chi connectivity index (χ0n) is 43.8. The predicted octanol–water partition coefficient (Wildman–Crippen LogP) is 7.28. The van der Waals surface area contributed by atoms with Crippen LogP contribution in [0.2, 0.25) is 0 Å². The summed E-state index contributed by atoms with van der Waals surface area (Å²) in [7, 11) is 0. The summed E-state index contributed by atoms with van der Waals surface area (Å²) in [5, 5.41) is 8.92. The summed E-state index contributed by atoms with van der Waals surface area (Å²) >= 11 is 1.58. The standard InChI is InChI=1S/C55H67F3N10O8S/c1-35-48(77-34-64-35)38-17-13-37(14-18-38)30-61-51(73)44-10-8-25-68(44)53(74)49(54(2,3)4)65-46(70)11-6-5-7-23-60-45(69)12-9-24-66-32-43(63-33-66)39-29-42(50(59)72)52(62-31-39)75-40-21-26-67(27-22-40)47(71)28-36-15-19-41(20-16-36)76-55(56,57)58/h13-20,29,31-34,40,44,49H,5-12,21-28,30H2,1-4H3,(H2,59,72)(H,60,69)(H,61,73)(H,65,70)/t44?,49-/m1/s1. The fourth-order valence-electron chi connectivity index (χ4n) is 9.31. The molecule has 3 aromatic heterocycles. The van der Waals surface area contributed by atoms with Crippen LogP contribution in [-0.2, 0) is 43.5 Å². The van der Waals surface area contributed by atoms with Crippen LogP contribution in [-0.4, -0.2) is 115 Å². The Hall–Kier alpha value is -7.36. The van der Waals surface area contributed by atoms with Gasteiger partial charge < -0.3 is 45.5 Å². The second-order valence-electron chi connectivity index (χ2n) is 20.5. The van der Waals surface area contributed by atoms with E-state index in [1.54, 1.807) is 39.7 Å². The molecule has 2 aliphatic heterocycles. The molecule has 0 spiro atoms. The maximum Gasteiger partial charge on any atom is 0.573 e. The first-order valence-electron chi connectivity index (χ1n) is 26.0. The second-order valence-corrected chi connectivity index (χ2v) is 21.4. The van der Waals surface area contributed by atoms with Crippen molar-refractivity contribution in [3.8, 4) is 33.3 Å². The van der Waals surface area contributed by atoms with Gasteiger partial charge in [-0.1, -0.05) is 63.6 Å². The number of pyridine rings is 1. The molecule has 1 unspecified atom stereocenters. The van der Waals surface area contributed by atoms with Gasteiger partial charge in [-0.15, -0.1) is 24.5 Å². The van der Waals surface area contributed by atoms with Crippen LogP contribution in [0.15, 0.2) is 78.8 Å². The zero-order valence-corrected chi connectivity index (χ0v) is 44.6. The molecule has 18 nitrogen and oxygen atoms in total. The molecule has 2 aromatic carbocycles. The number of carbonyl (C=O) groups is 6. The molecule has 5 aromatic rings. The van der Waals surface area contributed by atoms with Gasteiger partial charge in [0.25, 0.3) is 5.91 Å². The van der Waals surface area contributed by atoms with Crippen molar-refractivity contribution in [1.29, 1.82) is 0 Å². The molecule has 2 aliphatic rings. The number of hydrogen-bond donors (Lipinski definition) is 4. The van der Waals surface area contributed by atoms with Gasteiger partial charge in [0.05, 0.1) is 34.5 Å². The lowest BCUT2D eigenvalue weighted by atomic mass is 9.85. The number of aryl methyl sites for hydroxylation is 2. The number of aromatic nitrogens is 4. The van der Waals surface area contributed by atoms with Crippen molar-refractivity contribution in [3.05, 3.63) is 101 Å². The first-order valence-corrected chi connectivity index (χ1v) is 26.8. The van der Waals surface area contributed by atoms with Crippen molar-refractivity contribution in [2.24, 2.45) is 11.1 Å². The average molecular weight is 1090 g/mol. The molecule has 2 saturated heterocycles. The maximum atomic E-state index is 14.0. The van der Waals surface area contributed by atoms with Gasteiger partial charge in [-0.25, -0.2) is 15.0 Å². The van der Waals surface area contributed by atoms with Crippen molar-refractivity contribution in [3.63, 3.8) is 0 Å². The van der Waals surface area contributed by atoms with E-state index >= 15 is 0 Å². The third kappa shape index (κ3) is 16.6. The Morgan fingerprint density at radius 2 is 1.55 bits per heavy atom. The monoisotopic (exact) mass is 1080 g/mol. The highest BCUT2D eigenvalue weighted by molar-refractivity contribution is 7.13. The van der Waals surface area contributed by atoms with Crippen molar-refractivity contribution in [1.82, 2.24) is 45.3 Å². The van der Waals surface area contributed by atoms with Gasteiger partial charge in [-0.05, 0) is 79.3 Å². The van der Waals surface area contributed by atoms with Crippen molar-refractivity contribution >= 4 is 46.8 Å². The molecule has 2 fully saturated rings. The molecule has 22 heteroatoms. The smallest absolute Gasteiger partial charge is 0.474 e. The Morgan fingerprint density at radius 1 is 0.831 bits per heavy atom. The Morgan fingerprint density at radius 3 is 2.22 bits per heavy atom. The Balaban J connectivity index is 0.769. The Bertz CT molecular complexity index is 2840. The number of thiazole rings is 1. The molecule has 0 bridgehead atoms. The van der Waals surface area contributed by atoms with Crippen LogP contribution in [0.4, 0.5) is 13.2 Å². The molecule has 5 N–H and O–H groups in total. The topological polar surface area (TPSA) is 233 Å². The number of benzene rings is 2. The van der Waals surface area contributed by atoms with E-state index in [9.17, 15) is 41.9 Å². The first-order chi connectivity index (χ1) is 36.7. The summed E-state index contributed by atoms with van der Waals surface area (Å²) in [6.45, 7) is 10.1. The van der Waals surface area contributed by atoms with E-state index in [1.807, 2.05) is 62.0 Å². The number of amides is 6. The minimum absolute atomic E-state index is 0.0108. The third-order valence-electron chi connectivity index (χ3n) is 13.5. The van der Waals surface area contributed by atoms with Gasteiger partial charge in [0, 0.05) is 82.9 Å². The van der Waals surface area contributed by atoms with Crippen LogP contribution in [0, 0.1) is 12.3 Å². The number of ether oxygens (including phenoxy) is 2. The summed E-state index contributed by atoms with van der Waals surface area (Å²) in [4.78, 5) is 96.3. The zero-order chi connectivity index (χ0) is 55.3. The minimum atomic E-state index is -4.80. The number of nitrogens with two attached hydrogens (primary N) is 1. The number of carbonyl (C=O) groups excluding carboxylic acids is 6. The predicted molar refractivity (Wildman–Crippen MR) is 282 cm³/mol. The number of alkyl halides is 3. The molecule has 2 atom stereocenters. The maximum absolute atomic E-state index is 14.0. The van der Waals surface area contributed by atoms with Gasteiger partial charge in [-0.3, -0.25) is 28.8 Å². The van der Waals surface area contributed by atoms with E-state index in [0.29, 0.717) is 107 Å². The Labute approximate surface area is 449 Å². The highest BCUT2D eigenvalue weighted by atomic mass is 32.1. The normalized spacial score (nSPS) is 15.4. The Kier molecular flexibility index (Phi) is 19.5. The quantitative estimate of drug-likeness (QED) is 0.0475. The van der Waals surface area contributed by atoms with Crippen LogP contribution < -0.4 is 31.2 Å². The molecule has 7 rings (SSSR count). The summed E-state index contributed by atoms with van der Waals surface area (Å²) in [6, 6.07) is 13.3. The van der Waals surface area contributed by atoms with Crippen LogP contribution >= 0.6 is 11.3 Å². The molecule has 0 saturated carbocycles. The van der Waals surface area contributed by atoms with Crippen molar-refractivity contribution in [2.75, 3.05) is 26.2 Å². The van der Waals surface area contributed by atoms with Gasteiger partial charge in [0.15, 0.2) is 0 Å². The highest BCUT2D eigenvalue weighted by Crippen LogP contribution is 2.30. The van der Waals surface area contributed by atoms with Crippen LogP contribution in [0.3, 0.4) is 0 Å². The highest BCUT2D eigenvalue weighted by Gasteiger charge is 2.42. The molecular weight excluding hydrogens is 1020 g/mol. The molecule has 0 radical (unpaired) electrons. The van der Waals surface area contributed by atoms with Crippen molar-refractivity contribution in [2.45, 2.75) is 136 Å². The van der Waals surface area contributed by atoms with Crippen molar-refractivity contribution < 1.29 is 51.4 Å². The molecule has 77 heavy (non-hydrogen) atoms.